The van der Waals surface area contributed by atoms with Gasteiger partial charge in [-0.3, -0.25) is 4.79 Å². The number of aryl methyl sites for hydroxylation is 1. The summed E-state index contributed by atoms with van der Waals surface area (Å²) >= 11 is 0. The van der Waals surface area contributed by atoms with Crippen molar-refractivity contribution in [3.05, 3.63) is 58.9 Å². The molecule has 104 valence electrons. The summed E-state index contributed by atoms with van der Waals surface area (Å²) in [6.07, 6.45) is 3.07. The normalized spacial score (nSPS) is 16.0. The predicted octanol–water partition coefficient (Wildman–Crippen LogP) is 2.08. The van der Waals surface area contributed by atoms with Crippen molar-refractivity contribution in [2.24, 2.45) is 0 Å². The van der Waals surface area contributed by atoms with Crippen LogP contribution in [0.5, 0.6) is 5.75 Å². The Bertz CT molecular complexity index is 749. The van der Waals surface area contributed by atoms with Crippen LogP contribution in [-0.4, -0.2) is 16.0 Å². The summed E-state index contributed by atoms with van der Waals surface area (Å²) in [5, 5.41) is 21.4. The molecule has 0 saturated carbocycles. The number of hydrogen-bond acceptors (Lipinski definition) is 4. The molecule has 0 bridgehead atoms. The zero-order valence-corrected chi connectivity index (χ0v) is 11.2. The highest BCUT2D eigenvalue weighted by atomic mass is 16.3. The van der Waals surface area contributed by atoms with Gasteiger partial charge in [0.15, 0.2) is 5.69 Å². The third kappa shape index (κ3) is 2.43. The number of fused-ring (bicyclic) bond motifs is 1. The van der Waals surface area contributed by atoms with Gasteiger partial charge in [-0.2, -0.15) is 5.26 Å². The van der Waals surface area contributed by atoms with E-state index in [0.29, 0.717) is 5.56 Å². The maximum absolute atomic E-state index is 12.2. The molecule has 21 heavy (non-hydrogen) atoms. The number of nitrogens with one attached hydrogen (secondary N) is 1. The molecule has 1 aromatic carbocycles. The molecule has 0 fully saturated rings. The number of aromatic nitrogens is 1. The van der Waals surface area contributed by atoms with Crippen molar-refractivity contribution >= 4 is 5.91 Å². The first-order valence-corrected chi connectivity index (χ1v) is 6.67. The smallest absolute Gasteiger partial charge is 0.274 e. The van der Waals surface area contributed by atoms with E-state index in [0.717, 1.165) is 24.0 Å². The Balaban J connectivity index is 1.81. The number of hydrogen-bond donors (Lipinski definition) is 2. The lowest BCUT2D eigenvalue weighted by Gasteiger charge is -2.14. The predicted molar refractivity (Wildman–Crippen MR) is 75.6 cm³/mol. The van der Waals surface area contributed by atoms with E-state index in [-0.39, 0.29) is 17.5 Å². The second kappa shape index (κ2) is 5.25. The topological polar surface area (TPSA) is 86.0 Å². The van der Waals surface area contributed by atoms with Gasteiger partial charge < -0.3 is 10.4 Å². The van der Waals surface area contributed by atoms with Crippen molar-refractivity contribution in [3.63, 3.8) is 0 Å². The number of rotatable bonds is 2. The van der Waals surface area contributed by atoms with Gasteiger partial charge in [0.2, 0.25) is 0 Å². The van der Waals surface area contributed by atoms with Crippen LogP contribution in [-0.2, 0) is 6.42 Å². The number of carbonyl (C=O) groups is 1. The average Bonchev–Trinajstić information content (AvgIpc) is 2.89. The van der Waals surface area contributed by atoms with E-state index in [9.17, 15) is 9.90 Å². The highest BCUT2D eigenvalue weighted by molar-refractivity contribution is 5.95. The number of carbonyl (C=O) groups excluding carboxylic acids is 1. The highest BCUT2D eigenvalue weighted by Crippen LogP contribution is 2.32. The lowest BCUT2D eigenvalue weighted by Crippen LogP contribution is -2.27. The van der Waals surface area contributed by atoms with Crippen LogP contribution in [0.4, 0.5) is 0 Å². The van der Waals surface area contributed by atoms with Crippen LogP contribution in [0.15, 0.2) is 36.5 Å². The highest BCUT2D eigenvalue weighted by Gasteiger charge is 2.25. The third-order valence-electron chi connectivity index (χ3n) is 3.66. The second-order valence-electron chi connectivity index (χ2n) is 4.96. The first kappa shape index (κ1) is 13.1. The lowest BCUT2D eigenvalue weighted by molar-refractivity contribution is 0.0928. The van der Waals surface area contributed by atoms with E-state index >= 15 is 0 Å². The quantitative estimate of drug-likeness (QED) is 0.881. The summed E-state index contributed by atoms with van der Waals surface area (Å²) in [4.78, 5) is 16.1. The first-order valence-electron chi connectivity index (χ1n) is 6.67. The molecule has 3 rings (SSSR count). The van der Waals surface area contributed by atoms with Crippen LogP contribution in [0, 0.1) is 11.3 Å². The molecular formula is C16H13N3O2. The van der Waals surface area contributed by atoms with Gasteiger partial charge in [0.25, 0.3) is 5.91 Å². The van der Waals surface area contributed by atoms with Gasteiger partial charge in [0.1, 0.15) is 5.75 Å². The fourth-order valence-electron chi connectivity index (χ4n) is 2.64. The molecule has 1 aliphatic carbocycles. The number of aromatic hydroxyl groups is 1. The summed E-state index contributed by atoms with van der Waals surface area (Å²) in [5.74, 6) is -0.525. The number of nitrogens with zero attached hydrogens (tertiary/aromatic N) is 2. The third-order valence-corrected chi connectivity index (χ3v) is 3.66. The van der Waals surface area contributed by atoms with Crippen LogP contribution >= 0.6 is 0 Å². The summed E-state index contributed by atoms with van der Waals surface area (Å²) < 4.78 is 0. The van der Waals surface area contributed by atoms with Crippen LogP contribution in [0.2, 0.25) is 0 Å². The zero-order valence-electron chi connectivity index (χ0n) is 11.2. The molecule has 2 N–H and O–H groups in total. The van der Waals surface area contributed by atoms with Crippen LogP contribution in [0.25, 0.3) is 0 Å². The molecule has 0 spiro atoms. The Kier molecular flexibility index (Phi) is 3.28. The van der Waals surface area contributed by atoms with Crippen LogP contribution in [0.3, 0.4) is 0 Å². The maximum Gasteiger partial charge on any atom is 0.274 e. The largest absolute Gasteiger partial charge is 0.505 e. The summed E-state index contributed by atoms with van der Waals surface area (Å²) in [6, 6.07) is 10.5. The minimum absolute atomic E-state index is 0.0274. The Labute approximate surface area is 121 Å². The molecule has 0 unspecified atom stereocenters. The van der Waals surface area contributed by atoms with Gasteiger partial charge in [0.05, 0.1) is 17.7 Å². The van der Waals surface area contributed by atoms with Crippen molar-refractivity contribution in [1.29, 1.82) is 5.26 Å². The Morgan fingerprint density at radius 2 is 2.29 bits per heavy atom. The monoisotopic (exact) mass is 279 g/mol. The SMILES string of the molecule is N#Cc1ccc2c(c1)CC[C@H]2NC(=O)c1ncccc1O. The Morgan fingerprint density at radius 3 is 3.05 bits per heavy atom. The number of benzene rings is 1. The molecule has 1 aromatic heterocycles. The average molecular weight is 279 g/mol. The molecule has 1 aliphatic rings. The minimum Gasteiger partial charge on any atom is -0.505 e. The molecule has 0 saturated heterocycles. The maximum atomic E-state index is 12.2. The molecule has 0 radical (unpaired) electrons. The number of pyridine rings is 1. The molecule has 1 atom stereocenters. The van der Waals surface area contributed by atoms with E-state index < -0.39 is 5.91 Å². The van der Waals surface area contributed by atoms with Crippen LogP contribution < -0.4 is 5.32 Å². The minimum atomic E-state index is -0.393. The van der Waals surface area contributed by atoms with Crippen LogP contribution in [0.1, 0.15) is 39.6 Å². The Hall–Kier alpha value is -2.87. The summed E-state index contributed by atoms with van der Waals surface area (Å²) in [5.41, 5.74) is 2.77. The van der Waals surface area contributed by atoms with E-state index in [4.69, 9.17) is 5.26 Å². The lowest BCUT2D eigenvalue weighted by atomic mass is 10.1. The van der Waals surface area contributed by atoms with E-state index in [2.05, 4.69) is 16.4 Å². The van der Waals surface area contributed by atoms with Crippen molar-refractivity contribution in [3.8, 4) is 11.8 Å². The first-order chi connectivity index (χ1) is 10.2. The van der Waals surface area contributed by atoms with Crippen molar-refractivity contribution in [2.45, 2.75) is 18.9 Å². The fraction of sp³-hybridized carbons (Fsp3) is 0.188. The van der Waals surface area contributed by atoms with E-state index in [1.807, 2.05) is 12.1 Å². The van der Waals surface area contributed by atoms with Gasteiger partial charge in [-0.1, -0.05) is 6.07 Å². The van der Waals surface area contributed by atoms with Gasteiger partial charge in [-0.05, 0) is 48.2 Å². The zero-order chi connectivity index (χ0) is 14.8. The number of nitriles is 1. The van der Waals surface area contributed by atoms with Gasteiger partial charge in [0, 0.05) is 6.20 Å². The molecule has 0 aliphatic heterocycles. The van der Waals surface area contributed by atoms with Gasteiger partial charge in [-0.15, -0.1) is 0 Å². The summed E-state index contributed by atoms with van der Waals surface area (Å²) in [7, 11) is 0. The molecule has 1 heterocycles. The molecule has 1 amide bonds. The standard InChI is InChI=1S/C16H13N3O2/c17-9-10-3-5-12-11(8-10)4-6-13(12)19-16(21)15-14(20)2-1-7-18-15/h1-3,5,7-8,13,20H,4,6H2,(H,19,21)/t13-/m1/s1. The molecule has 5 nitrogen and oxygen atoms in total. The molecular weight excluding hydrogens is 266 g/mol. The molecule has 5 heteroatoms. The van der Waals surface area contributed by atoms with Gasteiger partial charge >= 0.3 is 0 Å². The van der Waals surface area contributed by atoms with E-state index in [1.54, 1.807) is 12.1 Å². The van der Waals surface area contributed by atoms with Crippen molar-refractivity contribution < 1.29 is 9.90 Å². The fourth-order valence-corrected chi connectivity index (χ4v) is 2.64. The van der Waals surface area contributed by atoms with Crippen molar-refractivity contribution in [1.82, 2.24) is 10.3 Å². The Morgan fingerprint density at radius 1 is 1.43 bits per heavy atom. The second-order valence-corrected chi connectivity index (χ2v) is 4.96. The van der Waals surface area contributed by atoms with E-state index in [1.165, 1.54) is 12.3 Å². The van der Waals surface area contributed by atoms with Crippen molar-refractivity contribution in [2.75, 3.05) is 0 Å². The summed E-state index contributed by atoms with van der Waals surface area (Å²) in [6.45, 7) is 0. The molecule has 2 aromatic rings. The number of amides is 1. The van der Waals surface area contributed by atoms with Gasteiger partial charge in [-0.25, -0.2) is 4.98 Å².